The highest BCUT2D eigenvalue weighted by molar-refractivity contribution is 6.42. The summed E-state index contributed by atoms with van der Waals surface area (Å²) in [5, 5.41) is 4.15. The molecule has 1 amide bonds. The smallest absolute Gasteiger partial charge is 0.223 e. The summed E-state index contributed by atoms with van der Waals surface area (Å²) >= 11 is 11.9. The van der Waals surface area contributed by atoms with E-state index in [1.807, 2.05) is 26.2 Å². The monoisotopic (exact) mass is 328 g/mol. The van der Waals surface area contributed by atoms with Gasteiger partial charge in [0.25, 0.3) is 0 Å². The number of rotatable bonds is 5. The topological polar surface area (TPSA) is 32.3 Å². The molecule has 0 aromatic heterocycles. The van der Waals surface area contributed by atoms with Crippen LogP contribution in [0.3, 0.4) is 0 Å². The van der Waals surface area contributed by atoms with E-state index in [1.165, 1.54) is 0 Å². The van der Waals surface area contributed by atoms with Gasteiger partial charge in [-0.15, -0.1) is 0 Å². The number of carbonyl (C=O) groups is 1. The van der Waals surface area contributed by atoms with Gasteiger partial charge in [-0.05, 0) is 58.0 Å². The van der Waals surface area contributed by atoms with Crippen LogP contribution >= 0.6 is 23.2 Å². The lowest BCUT2D eigenvalue weighted by Crippen LogP contribution is -2.48. The van der Waals surface area contributed by atoms with Gasteiger partial charge in [-0.25, -0.2) is 0 Å². The van der Waals surface area contributed by atoms with Crippen LogP contribution in [0.5, 0.6) is 0 Å². The fourth-order valence-corrected chi connectivity index (χ4v) is 2.50. The largest absolute Gasteiger partial charge is 0.354 e. The Hall–Kier alpha value is -0.770. The normalized spacial score (nSPS) is 21.5. The van der Waals surface area contributed by atoms with E-state index in [0.717, 1.165) is 12.0 Å². The molecule has 1 N–H and O–H groups in total. The van der Waals surface area contributed by atoms with Crippen molar-refractivity contribution in [2.75, 3.05) is 20.6 Å². The van der Waals surface area contributed by atoms with Crippen LogP contribution in [0.4, 0.5) is 0 Å². The van der Waals surface area contributed by atoms with Crippen LogP contribution in [0.2, 0.25) is 10.0 Å². The highest BCUT2D eigenvalue weighted by atomic mass is 35.5. The molecule has 0 heterocycles. The van der Waals surface area contributed by atoms with Crippen LogP contribution in [0.15, 0.2) is 18.2 Å². The number of carbonyl (C=O) groups excluding carboxylic acids is 1. The van der Waals surface area contributed by atoms with E-state index in [0.29, 0.717) is 16.6 Å². The molecule has 0 unspecified atom stereocenters. The minimum absolute atomic E-state index is 0.0520. The predicted octanol–water partition coefficient (Wildman–Crippen LogP) is 3.55. The average molecular weight is 329 g/mol. The van der Waals surface area contributed by atoms with Crippen LogP contribution in [-0.4, -0.2) is 37.0 Å². The Morgan fingerprint density at radius 3 is 2.57 bits per heavy atom. The lowest BCUT2D eigenvalue weighted by molar-refractivity contribution is -0.122. The van der Waals surface area contributed by atoms with Crippen LogP contribution in [-0.2, 0) is 4.79 Å². The molecule has 0 radical (unpaired) electrons. The number of hydrogen-bond donors (Lipinski definition) is 1. The Labute approximate surface area is 136 Å². The van der Waals surface area contributed by atoms with Gasteiger partial charge in [-0.3, -0.25) is 4.79 Å². The number of benzene rings is 1. The fraction of sp³-hybridized carbons (Fsp3) is 0.562. The molecule has 1 saturated carbocycles. The van der Waals surface area contributed by atoms with Crippen LogP contribution in [0, 0.1) is 5.92 Å². The molecule has 2 rings (SSSR count). The first kappa shape index (κ1) is 16.6. The van der Waals surface area contributed by atoms with Crippen molar-refractivity contribution in [1.82, 2.24) is 10.2 Å². The lowest BCUT2D eigenvalue weighted by atomic mass is 10.0. The van der Waals surface area contributed by atoms with Crippen molar-refractivity contribution < 1.29 is 4.79 Å². The molecule has 1 aromatic carbocycles. The molecule has 1 aliphatic rings. The van der Waals surface area contributed by atoms with E-state index in [4.69, 9.17) is 23.2 Å². The first-order chi connectivity index (χ1) is 9.72. The highest BCUT2D eigenvalue weighted by Crippen LogP contribution is 2.48. The van der Waals surface area contributed by atoms with Crippen LogP contribution in [0.25, 0.3) is 0 Å². The SMILES string of the molecule is CN(C)C(C)(C)CNC(=O)[C@H]1C[C@H]1c1ccc(Cl)c(Cl)c1. The second-order valence-electron chi connectivity index (χ2n) is 6.55. The van der Waals surface area contributed by atoms with Crippen molar-refractivity contribution in [3.63, 3.8) is 0 Å². The third kappa shape index (κ3) is 3.91. The molecule has 0 spiro atoms. The highest BCUT2D eigenvalue weighted by Gasteiger charge is 2.44. The molecule has 1 aromatic rings. The minimum atomic E-state index is -0.0520. The van der Waals surface area contributed by atoms with Gasteiger partial charge >= 0.3 is 0 Å². The molecule has 0 saturated heterocycles. The quantitative estimate of drug-likeness (QED) is 0.896. The number of nitrogens with zero attached hydrogens (tertiary/aromatic N) is 1. The van der Waals surface area contributed by atoms with Crippen molar-refractivity contribution in [2.45, 2.75) is 31.7 Å². The van der Waals surface area contributed by atoms with E-state index in [9.17, 15) is 4.79 Å². The summed E-state index contributed by atoms with van der Waals surface area (Å²) in [6, 6.07) is 5.61. The number of amides is 1. The summed E-state index contributed by atoms with van der Waals surface area (Å²) in [6.45, 7) is 4.86. The summed E-state index contributed by atoms with van der Waals surface area (Å²) in [7, 11) is 4.03. The third-order valence-electron chi connectivity index (χ3n) is 4.40. The van der Waals surface area contributed by atoms with Gasteiger partial charge in [0.1, 0.15) is 0 Å². The molecule has 1 aliphatic carbocycles. The number of hydrogen-bond acceptors (Lipinski definition) is 2. The first-order valence-electron chi connectivity index (χ1n) is 7.12. The Kier molecular flexibility index (Phi) is 4.86. The van der Waals surface area contributed by atoms with E-state index >= 15 is 0 Å². The molecule has 1 fully saturated rings. The molecular weight excluding hydrogens is 307 g/mol. The molecule has 5 heteroatoms. The van der Waals surface area contributed by atoms with Crippen LogP contribution in [0.1, 0.15) is 31.7 Å². The minimum Gasteiger partial charge on any atom is -0.354 e. The summed E-state index contributed by atoms with van der Waals surface area (Å²) < 4.78 is 0. The number of halogens is 2. The van der Waals surface area contributed by atoms with Gasteiger partial charge < -0.3 is 10.2 Å². The summed E-state index contributed by atoms with van der Waals surface area (Å²) in [4.78, 5) is 14.3. The maximum Gasteiger partial charge on any atom is 0.223 e. The van der Waals surface area contributed by atoms with Gasteiger partial charge in [0.05, 0.1) is 10.0 Å². The second-order valence-corrected chi connectivity index (χ2v) is 7.36. The van der Waals surface area contributed by atoms with Crippen molar-refractivity contribution in [3.05, 3.63) is 33.8 Å². The molecule has 0 aliphatic heterocycles. The van der Waals surface area contributed by atoms with Crippen molar-refractivity contribution in [1.29, 1.82) is 0 Å². The van der Waals surface area contributed by atoms with Crippen molar-refractivity contribution >= 4 is 29.1 Å². The van der Waals surface area contributed by atoms with Crippen molar-refractivity contribution in [2.24, 2.45) is 5.92 Å². The summed E-state index contributed by atoms with van der Waals surface area (Å²) in [5.74, 6) is 0.448. The second kappa shape index (κ2) is 6.15. The Bertz CT molecular complexity index is 543. The molecule has 2 atom stereocenters. The maximum absolute atomic E-state index is 12.2. The van der Waals surface area contributed by atoms with E-state index < -0.39 is 0 Å². The van der Waals surface area contributed by atoms with Crippen molar-refractivity contribution in [3.8, 4) is 0 Å². The molecule has 21 heavy (non-hydrogen) atoms. The fourth-order valence-electron chi connectivity index (χ4n) is 2.19. The first-order valence-corrected chi connectivity index (χ1v) is 7.88. The molecule has 0 bridgehead atoms. The van der Waals surface area contributed by atoms with E-state index in [1.54, 1.807) is 6.07 Å². The van der Waals surface area contributed by atoms with Crippen LogP contribution < -0.4 is 5.32 Å². The van der Waals surface area contributed by atoms with Gasteiger partial charge in [0.2, 0.25) is 5.91 Å². The van der Waals surface area contributed by atoms with E-state index in [-0.39, 0.29) is 23.3 Å². The Morgan fingerprint density at radius 1 is 1.33 bits per heavy atom. The van der Waals surface area contributed by atoms with Gasteiger partial charge in [0.15, 0.2) is 0 Å². The standard InChI is InChI=1S/C16H22Cl2N2O/c1-16(2,20(3)4)9-19-15(21)12-8-11(12)10-5-6-13(17)14(18)7-10/h5-7,11-12H,8-9H2,1-4H3,(H,19,21)/t11-,12-/m0/s1. The average Bonchev–Trinajstić information content (AvgIpc) is 3.19. The Morgan fingerprint density at radius 2 is 2.00 bits per heavy atom. The third-order valence-corrected chi connectivity index (χ3v) is 5.14. The zero-order chi connectivity index (χ0) is 15.8. The zero-order valence-corrected chi connectivity index (χ0v) is 14.4. The summed E-state index contributed by atoms with van der Waals surface area (Å²) in [5.41, 5.74) is 1.04. The maximum atomic E-state index is 12.2. The number of likely N-dealkylation sites (N-methyl/N-ethyl adjacent to an activating group) is 1. The zero-order valence-electron chi connectivity index (χ0n) is 12.9. The van der Waals surface area contributed by atoms with E-state index in [2.05, 4.69) is 24.1 Å². The molecule has 116 valence electrons. The predicted molar refractivity (Wildman–Crippen MR) is 88.1 cm³/mol. The summed E-state index contributed by atoms with van der Waals surface area (Å²) in [6.07, 6.45) is 0.881. The molecule has 3 nitrogen and oxygen atoms in total. The number of nitrogens with one attached hydrogen (secondary N) is 1. The Balaban J connectivity index is 1.91. The van der Waals surface area contributed by atoms with Gasteiger partial charge in [0, 0.05) is 18.0 Å². The molecular formula is C16H22Cl2N2O. The lowest BCUT2D eigenvalue weighted by Gasteiger charge is -2.32. The van der Waals surface area contributed by atoms with Gasteiger partial charge in [-0.2, -0.15) is 0 Å². The van der Waals surface area contributed by atoms with Gasteiger partial charge in [-0.1, -0.05) is 29.3 Å².